The van der Waals surface area contributed by atoms with Crippen molar-refractivity contribution in [1.82, 2.24) is 0 Å². The van der Waals surface area contributed by atoms with Gasteiger partial charge in [-0.15, -0.1) is 11.3 Å². The molecule has 17 heavy (non-hydrogen) atoms. The van der Waals surface area contributed by atoms with Crippen LogP contribution in [-0.4, -0.2) is 5.78 Å². The highest BCUT2D eigenvalue weighted by Crippen LogP contribution is 2.36. The average Bonchev–Trinajstić information content (AvgIpc) is 2.59. The van der Waals surface area contributed by atoms with Crippen LogP contribution >= 0.6 is 66.4 Å². The van der Waals surface area contributed by atoms with Gasteiger partial charge in [-0.05, 0) is 44.0 Å². The smallest absolute Gasteiger partial charge is 0.207 e. The molecule has 1 aromatic carbocycles. The molecule has 0 bridgehead atoms. The lowest BCUT2D eigenvalue weighted by Crippen LogP contribution is -2.01. The molecule has 0 aliphatic heterocycles. The van der Waals surface area contributed by atoms with Gasteiger partial charge in [0, 0.05) is 9.85 Å². The number of halogens is 4. The Hall–Kier alpha value is 0.130. The van der Waals surface area contributed by atoms with Gasteiger partial charge >= 0.3 is 0 Å². The van der Waals surface area contributed by atoms with Crippen molar-refractivity contribution in [2.45, 2.75) is 0 Å². The molecule has 0 amide bonds. The Labute approximate surface area is 129 Å². The van der Waals surface area contributed by atoms with Gasteiger partial charge in [0.1, 0.15) is 0 Å². The lowest BCUT2D eigenvalue weighted by Gasteiger charge is -2.04. The molecule has 2 rings (SSSR count). The third-order valence-corrected chi connectivity index (χ3v) is 6.24. The first-order valence-corrected chi connectivity index (χ1v) is 7.65. The van der Waals surface area contributed by atoms with Gasteiger partial charge in [0.25, 0.3) is 0 Å². The maximum atomic E-state index is 12.3. The molecule has 2 aromatic rings. The molecular weight excluding hydrogens is 411 g/mol. The van der Waals surface area contributed by atoms with Crippen LogP contribution in [0.3, 0.4) is 0 Å². The first kappa shape index (κ1) is 13.6. The van der Waals surface area contributed by atoms with Crippen LogP contribution in [0.1, 0.15) is 15.2 Å². The molecule has 0 saturated heterocycles. The second-order valence-electron chi connectivity index (χ2n) is 3.15. The Morgan fingerprint density at radius 1 is 1.18 bits per heavy atom. The standard InChI is InChI=1S/C11H4Br2Cl2OS/c12-5-4-17-11(9(5)13)10(16)8-6(14)2-1-3-7(8)15/h1-4H. The van der Waals surface area contributed by atoms with Crippen molar-refractivity contribution >= 4 is 72.2 Å². The van der Waals surface area contributed by atoms with E-state index in [1.54, 1.807) is 18.2 Å². The molecule has 1 aromatic heterocycles. The Bertz CT molecular complexity index is 575. The summed E-state index contributed by atoms with van der Waals surface area (Å²) in [6, 6.07) is 5.01. The normalized spacial score (nSPS) is 10.6. The fraction of sp³-hybridized carbons (Fsp3) is 0. The Balaban J connectivity index is 2.55. The third-order valence-electron chi connectivity index (χ3n) is 2.09. The molecule has 0 aliphatic carbocycles. The van der Waals surface area contributed by atoms with Gasteiger partial charge in [-0.2, -0.15) is 0 Å². The monoisotopic (exact) mass is 412 g/mol. The number of carbonyl (C=O) groups is 1. The summed E-state index contributed by atoms with van der Waals surface area (Å²) in [5.74, 6) is -0.178. The first-order chi connectivity index (χ1) is 8.02. The molecular formula is C11H4Br2Cl2OS. The number of benzene rings is 1. The summed E-state index contributed by atoms with van der Waals surface area (Å²) in [7, 11) is 0. The molecule has 0 spiro atoms. The van der Waals surface area contributed by atoms with E-state index in [0.29, 0.717) is 20.5 Å². The summed E-state index contributed by atoms with van der Waals surface area (Å²) in [5.41, 5.74) is 0.339. The molecule has 0 fully saturated rings. The zero-order valence-electron chi connectivity index (χ0n) is 8.14. The lowest BCUT2D eigenvalue weighted by molar-refractivity contribution is 0.104. The van der Waals surface area contributed by atoms with Crippen LogP contribution in [0.5, 0.6) is 0 Å². The van der Waals surface area contributed by atoms with Crippen LogP contribution in [0.25, 0.3) is 0 Å². The van der Waals surface area contributed by atoms with E-state index in [9.17, 15) is 4.79 Å². The van der Waals surface area contributed by atoms with Crippen molar-refractivity contribution in [1.29, 1.82) is 0 Å². The number of carbonyl (C=O) groups excluding carboxylic acids is 1. The van der Waals surface area contributed by atoms with E-state index in [4.69, 9.17) is 23.2 Å². The highest BCUT2D eigenvalue weighted by atomic mass is 79.9. The second kappa shape index (κ2) is 5.41. The summed E-state index contributed by atoms with van der Waals surface area (Å²) in [6.07, 6.45) is 0. The minimum absolute atomic E-state index is 0.178. The number of thiophene rings is 1. The number of hydrogen-bond donors (Lipinski definition) is 0. The molecule has 0 atom stereocenters. The number of rotatable bonds is 2. The summed E-state index contributed by atoms with van der Waals surface area (Å²) in [5, 5.41) is 2.56. The fourth-order valence-corrected chi connectivity index (χ4v) is 3.97. The molecule has 1 heterocycles. The van der Waals surface area contributed by atoms with Crippen molar-refractivity contribution in [2.75, 3.05) is 0 Å². The maximum absolute atomic E-state index is 12.3. The molecule has 0 radical (unpaired) electrons. The third kappa shape index (κ3) is 2.61. The van der Waals surface area contributed by atoms with E-state index in [0.717, 1.165) is 8.95 Å². The summed E-state index contributed by atoms with van der Waals surface area (Å²) >= 11 is 20.0. The average molecular weight is 415 g/mol. The highest BCUT2D eigenvalue weighted by molar-refractivity contribution is 9.13. The van der Waals surface area contributed by atoms with E-state index < -0.39 is 0 Å². The van der Waals surface area contributed by atoms with Gasteiger partial charge < -0.3 is 0 Å². The van der Waals surface area contributed by atoms with E-state index >= 15 is 0 Å². The zero-order chi connectivity index (χ0) is 12.6. The zero-order valence-corrected chi connectivity index (χ0v) is 13.6. The molecule has 0 unspecified atom stereocenters. The van der Waals surface area contributed by atoms with Gasteiger partial charge in [0.05, 0.1) is 25.0 Å². The van der Waals surface area contributed by atoms with Crippen LogP contribution < -0.4 is 0 Å². The topological polar surface area (TPSA) is 17.1 Å². The molecule has 88 valence electrons. The Morgan fingerprint density at radius 2 is 1.76 bits per heavy atom. The summed E-state index contributed by atoms with van der Waals surface area (Å²) < 4.78 is 1.57. The molecule has 0 N–H and O–H groups in total. The van der Waals surface area contributed by atoms with Gasteiger partial charge in [-0.3, -0.25) is 4.79 Å². The van der Waals surface area contributed by atoms with E-state index in [1.807, 2.05) is 5.38 Å². The largest absolute Gasteiger partial charge is 0.288 e. The van der Waals surface area contributed by atoms with E-state index in [1.165, 1.54) is 11.3 Å². The lowest BCUT2D eigenvalue weighted by atomic mass is 10.1. The quantitative estimate of drug-likeness (QED) is 0.566. The van der Waals surface area contributed by atoms with Gasteiger partial charge in [-0.1, -0.05) is 29.3 Å². The minimum Gasteiger partial charge on any atom is -0.288 e. The van der Waals surface area contributed by atoms with Crippen LogP contribution in [0, 0.1) is 0 Å². The molecule has 0 saturated carbocycles. The van der Waals surface area contributed by atoms with Gasteiger partial charge in [-0.25, -0.2) is 0 Å². The van der Waals surface area contributed by atoms with Crippen LogP contribution in [0.15, 0.2) is 32.5 Å². The van der Waals surface area contributed by atoms with Gasteiger partial charge in [0.15, 0.2) is 0 Å². The predicted octanol–water partition coefficient (Wildman–Crippen LogP) is 5.81. The van der Waals surface area contributed by atoms with Crippen molar-refractivity contribution < 1.29 is 4.79 Å². The Morgan fingerprint density at radius 3 is 2.24 bits per heavy atom. The summed E-state index contributed by atoms with van der Waals surface area (Å²) in [4.78, 5) is 12.9. The van der Waals surface area contributed by atoms with E-state index in [-0.39, 0.29) is 5.78 Å². The number of hydrogen-bond acceptors (Lipinski definition) is 2. The second-order valence-corrected chi connectivity index (χ2v) is 6.49. The van der Waals surface area contributed by atoms with Crippen LogP contribution in [0.4, 0.5) is 0 Å². The van der Waals surface area contributed by atoms with Crippen molar-refractivity contribution in [2.24, 2.45) is 0 Å². The SMILES string of the molecule is O=C(c1scc(Br)c1Br)c1c(Cl)cccc1Cl. The maximum Gasteiger partial charge on any atom is 0.207 e. The van der Waals surface area contributed by atoms with Crippen molar-refractivity contribution in [3.8, 4) is 0 Å². The Kier molecular flexibility index (Phi) is 4.31. The van der Waals surface area contributed by atoms with Gasteiger partial charge in [0.2, 0.25) is 5.78 Å². The molecule has 1 nitrogen and oxygen atoms in total. The predicted molar refractivity (Wildman–Crippen MR) is 79.6 cm³/mol. The highest BCUT2D eigenvalue weighted by Gasteiger charge is 2.21. The fourth-order valence-electron chi connectivity index (χ4n) is 1.30. The molecule has 6 heteroatoms. The summed E-state index contributed by atoms with van der Waals surface area (Å²) in [6.45, 7) is 0. The van der Waals surface area contributed by atoms with Crippen LogP contribution in [-0.2, 0) is 0 Å². The molecule has 0 aliphatic rings. The van der Waals surface area contributed by atoms with Crippen molar-refractivity contribution in [3.05, 3.63) is 53.0 Å². The van der Waals surface area contributed by atoms with Crippen molar-refractivity contribution in [3.63, 3.8) is 0 Å². The first-order valence-electron chi connectivity index (χ1n) is 4.43. The van der Waals surface area contributed by atoms with Crippen LogP contribution in [0.2, 0.25) is 10.0 Å². The number of ketones is 1. The minimum atomic E-state index is -0.178. The van der Waals surface area contributed by atoms with E-state index in [2.05, 4.69) is 31.9 Å².